The molecule has 0 atom stereocenters. The van der Waals surface area contributed by atoms with E-state index in [0.29, 0.717) is 41.6 Å². The van der Waals surface area contributed by atoms with E-state index in [1.807, 2.05) is 0 Å². The van der Waals surface area contributed by atoms with Gasteiger partial charge in [0.25, 0.3) is 11.8 Å². The van der Waals surface area contributed by atoms with Crippen molar-refractivity contribution in [2.24, 2.45) is 5.92 Å². The second-order valence-corrected chi connectivity index (χ2v) is 8.14. The fourth-order valence-corrected chi connectivity index (χ4v) is 3.12. The van der Waals surface area contributed by atoms with Crippen LogP contribution in [0.3, 0.4) is 0 Å². The highest BCUT2D eigenvalue weighted by Crippen LogP contribution is 2.27. The fourth-order valence-electron chi connectivity index (χ4n) is 2.62. The van der Waals surface area contributed by atoms with Gasteiger partial charge in [0.15, 0.2) is 0 Å². The molecule has 0 aliphatic carbocycles. The first kappa shape index (κ1) is 22.9. The Morgan fingerprint density at radius 1 is 1.10 bits per heavy atom. The first-order valence-electron chi connectivity index (χ1n) is 10.0. The van der Waals surface area contributed by atoms with Gasteiger partial charge >= 0.3 is 0 Å². The minimum absolute atomic E-state index is 0.190. The number of halogens is 1. The third kappa shape index (κ3) is 7.20. The van der Waals surface area contributed by atoms with Gasteiger partial charge in [-0.15, -0.1) is 0 Å². The summed E-state index contributed by atoms with van der Waals surface area (Å²) in [6.45, 7) is 7.60. The van der Waals surface area contributed by atoms with Gasteiger partial charge in [-0.05, 0) is 65.0 Å². The molecule has 0 aromatic heterocycles. The zero-order valence-electron chi connectivity index (χ0n) is 17.3. The van der Waals surface area contributed by atoms with Crippen molar-refractivity contribution in [2.75, 3.05) is 18.5 Å². The van der Waals surface area contributed by atoms with E-state index in [9.17, 15) is 9.59 Å². The van der Waals surface area contributed by atoms with E-state index >= 15 is 0 Å². The second-order valence-electron chi connectivity index (χ2n) is 7.29. The lowest BCUT2D eigenvalue weighted by Gasteiger charge is -2.13. The maximum atomic E-state index is 12.7. The maximum absolute atomic E-state index is 12.7. The molecule has 156 valence electrons. The van der Waals surface area contributed by atoms with E-state index in [0.717, 1.165) is 23.7 Å². The van der Waals surface area contributed by atoms with Crippen molar-refractivity contribution in [2.45, 2.75) is 40.0 Å². The average molecular weight is 461 g/mol. The Hall–Kier alpha value is -2.34. The largest absolute Gasteiger partial charge is 0.492 e. The number of rotatable bonds is 10. The lowest BCUT2D eigenvalue weighted by molar-refractivity contribution is 0.0954. The molecule has 0 saturated carbocycles. The molecule has 2 rings (SSSR count). The Labute approximate surface area is 181 Å². The number of hydrogen-bond donors (Lipinski definition) is 2. The van der Waals surface area contributed by atoms with Crippen molar-refractivity contribution in [3.8, 4) is 5.75 Å². The van der Waals surface area contributed by atoms with Crippen LogP contribution in [-0.4, -0.2) is 25.0 Å². The molecular weight excluding hydrogens is 432 g/mol. The number of hydrogen-bond acceptors (Lipinski definition) is 3. The summed E-state index contributed by atoms with van der Waals surface area (Å²) < 4.78 is 6.49. The predicted molar refractivity (Wildman–Crippen MR) is 121 cm³/mol. The van der Waals surface area contributed by atoms with Gasteiger partial charge in [-0.1, -0.05) is 39.3 Å². The summed E-state index contributed by atoms with van der Waals surface area (Å²) in [6, 6.07) is 12.2. The van der Waals surface area contributed by atoms with E-state index in [2.05, 4.69) is 47.3 Å². The van der Waals surface area contributed by atoms with Crippen LogP contribution in [0.25, 0.3) is 0 Å². The number of amides is 2. The molecule has 0 unspecified atom stereocenters. The van der Waals surface area contributed by atoms with Crippen LogP contribution >= 0.6 is 15.9 Å². The zero-order valence-corrected chi connectivity index (χ0v) is 18.8. The van der Waals surface area contributed by atoms with Gasteiger partial charge in [0.05, 0.1) is 22.3 Å². The molecule has 0 bridgehead atoms. The Morgan fingerprint density at radius 3 is 2.55 bits per heavy atom. The van der Waals surface area contributed by atoms with Crippen molar-refractivity contribution in [3.63, 3.8) is 0 Å². The van der Waals surface area contributed by atoms with E-state index < -0.39 is 0 Å². The second kappa shape index (κ2) is 11.6. The molecule has 2 aromatic carbocycles. The Morgan fingerprint density at radius 2 is 1.86 bits per heavy atom. The molecular formula is C23H29BrN2O3. The van der Waals surface area contributed by atoms with Crippen LogP contribution in [0, 0.1) is 5.92 Å². The van der Waals surface area contributed by atoms with E-state index in [4.69, 9.17) is 4.74 Å². The van der Waals surface area contributed by atoms with E-state index in [-0.39, 0.29) is 11.8 Å². The molecule has 0 fully saturated rings. The number of para-hydroxylation sites is 1. The number of anilines is 1. The van der Waals surface area contributed by atoms with E-state index in [1.54, 1.807) is 42.5 Å². The van der Waals surface area contributed by atoms with Crippen molar-refractivity contribution >= 4 is 33.4 Å². The summed E-state index contributed by atoms with van der Waals surface area (Å²) in [6.07, 6.45) is 2.89. The van der Waals surface area contributed by atoms with Crippen LogP contribution in [0.5, 0.6) is 5.75 Å². The van der Waals surface area contributed by atoms with Gasteiger partial charge in [-0.25, -0.2) is 0 Å². The van der Waals surface area contributed by atoms with Crippen molar-refractivity contribution in [3.05, 3.63) is 58.1 Å². The number of unbranched alkanes of at least 4 members (excludes halogenated alkanes) is 1. The van der Waals surface area contributed by atoms with Crippen LogP contribution in [0.4, 0.5) is 5.69 Å². The molecule has 5 nitrogen and oxygen atoms in total. The van der Waals surface area contributed by atoms with Crippen molar-refractivity contribution < 1.29 is 14.3 Å². The van der Waals surface area contributed by atoms with Gasteiger partial charge in [-0.3, -0.25) is 9.59 Å². The normalized spacial score (nSPS) is 10.7. The molecule has 0 spiro atoms. The first-order chi connectivity index (χ1) is 13.9. The first-order valence-corrected chi connectivity index (χ1v) is 10.8. The molecule has 0 aliphatic heterocycles. The van der Waals surface area contributed by atoms with Crippen LogP contribution in [0.15, 0.2) is 46.9 Å². The van der Waals surface area contributed by atoms with Crippen molar-refractivity contribution in [1.82, 2.24) is 5.32 Å². The molecule has 0 radical (unpaired) electrons. The number of carbonyl (C=O) groups is 2. The highest BCUT2D eigenvalue weighted by Gasteiger charge is 2.15. The molecule has 0 aliphatic rings. The third-order valence-corrected chi connectivity index (χ3v) is 5.00. The van der Waals surface area contributed by atoms with Crippen molar-refractivity contribution in [1.29, 1.82) is 0 Å². The lowest BCUT2D eigenvalue weighted by atomic mass is 10.1. The van der Waals surface area contributed by atoms with Gasteiger partial charge < -0.3 is 15.4 Å². The minimum Gasteiger partial charge on any atom is -0.492 e. The van der Waals surface area contributed by atoms with Crippen LogP contribution in [-0.2, 0) is 0 Å². The van der Waals surface area contributed by atoms with Gasteiger partial charge in [0.1, 0.15) is 5.75 Å². The highest BCUT2D eigenvalue weighted by atomic mass is 79.9. The maximum Gasteiger partial charge on any atom is 0.255 e. The number of benzene rings is 2. The summed E-state index contributed by atoms with van der Waals surface area (Å²) in [4.78, 5) is 25.1. The zero-order chi connectivity index (χ0) is 21.2. The summed E-state index contributed by atoms with van der Waals surface area (Å²) in [5, 5.41) is 5.72. The summed E-state index contributed by atoms with van der Waals surface area (Å²) in [5.41, 5.74) is 1.42. The standard InChI is InChI=1S/C23H29BrN2O3/c1-4-5-13-25-23(28)18-8-6-7-9-20(18)26-22(27)17-10-11-21(19(24)15-17)29-14-12-16(2)3/h6-11,15-16H,4-5,12-14H2,1-3H3,(H,25,28)(H,26,27). The SMILES string of the molecule is CCCCNC(=O)c1ccccc1NC(=O)c1ccc(OCCC(C)C)c(Br)c1. The van der Waals surface area contributed by atoms with E-state index in [1.165, 1.54) is 0 Å². The number of ether oxygens (including phenoxy) is 1. The van der Waals surface area contributed by atoms with Gasteiger partial charge in [-0.2, -0.15) is 0 Å². The summed E-state index contributed by atoms with van der Waals surface area (Å²) in [5.74, 6) is 0.800. The Bertz CT molecular complexity index is 837. The predicted octanol–water partition coefficient (Wildman–Crippen LogP) is 5.66. The molecule has 0 heterocycles. The third-order valence-electron chi connectivity index (χ3n) is 4.38. The molecule has 6 heteroatoms. The molecule has 2 N–H and O–H groups in total. The molecule has 2 aromatic rings. The summed E-state index contributed by atoms with van der Waals surface area (Å²) in [7, 11) is 0. The summed E-state index contributed by atoms with van der Waals surface area (Å²) >= 11 is 3.47. The molecule has 0 saturated heterocycles. The highest BCUT2D eigenvalue weighted by molar-refractivity contribution is 9.10. The average Bonchev–Trinajstić information content (AvgIpc) is 2.69. The molecule has 2 amide bonds. The van der Waals surface area contributed by atoms with Gasteiger partial charge in [0, 0.05) is 12.1 Å². The Balaban J connectivity index is 2.07. The fraction of sp³-hybridized carbons (Fsp3) is 0.391. The number of nitrogens with one attached hydrogen (secondary N) is 2. The topological polar surface area (TPSA) is 67.4 Å². The van der Waals surface area contributed by atoms with Crippen LogP contribution in [0.1, 0.15) is 60.7 Å². The lowest BCUT2D eigenvalue weighted by Crippen LogP contribution is -2.26. The van der Waals surface area contributed by atoms with Crippen LogP contribution < -0.4 is 15.4 Å². The quantitative estimate of drug-likeness (QED) is 0.449. The smallest absolute Gasteiger partial charge is 0.255 e. The minimum atomic E-state index is -0.284. The molecule has 29 heavy (non-hydrogen) atoms. The number of carbonyl (C=O) groups excluding carboxylic acids is 2. The van der Waals surface area contributed by atoms with Crippen LogP contribution in [0.2, 0.25) is 0 Å². The van der Waals surface area contributed by atoms with Gasteiger partial charge in [0.2, 0.25) is 0 Å². The monoisotopic (exact) mass is 460 g/mol. The Kier molecular flexibility index (Phi) is 9.19.